The van der Waals surface area contributed by atoms with Gasteiger partial charge in [0.05, 0.1) is 11.1 Å². The first-order valence-corrected chi connectivity index (χ1v) is 16.3. The van der Waals surface area contributed by atoms with Crippen molar-refractivity contribution >= 4 is 49.8 Å². The number of hydrogen-bond acceptors (Lipinski definition) is 2. The van der Waals surface area contributed by atoms with Crippen molar-refractivity contribution < 1.29 is 4.42 Å². The molecule has 48 heavy (non-hydrogen) atoms. The first-order valence-electron chi connectivity index (χ1n) is 16.3. The molecule has 0 aliphatic heterocycles. The maximum atomic E-state index is 6.33. The summed E-state index contributed by atoms with van der Waals surface area (Å²) in [6.45, 7) is 0. The van der Waals surface area contributed by atoms with Crippen LogP contribution in [0, 0.1) is 0 Å². The monoisotopic (exact) mass is 613 g/mol. The van der Waals surface area contributed by atoms with Crippen LogP contribution in [0.2, 0.25) is 0 Å². The maximum absolute atomic E-state index is 6.33. The van der Waals surface area contributed by atoms with Crippen LogP contribution in [-0.2, 0) is 0 Å². The Labute approximate surface area is 279 Å². The molecule has 9 rings (SSSR count). The molecule has 2 heteroatoms. The predicted molar refractivity (Wildman–Crippen MR) is 202 cm³/mol. The molecule has 2 nitrogen and oxygen atoms in total. The Bertz CT molecular complexity index is 2530. The molecule has 0 radical (unpaired) electrons. The fraction of sp³-hybridized carbons (Fsp3) is 0. The first kappa shape index (κ1) is 27.9. The van der Waals surface area contributed by atoms with E-state index in [0.29, 0.717) is 0 Å². The Balaban J connectivity index is 1.20. The number of fused-ring (bicyclic) bond motifs is 4. The molecule has 0 amide bonds. The molecule has 0 atom stereocenters. The van der Waals surface area contributed by atoms with Gasteiger partial charge < -0.3 is 9.32 Å². The molecule has 0 unspecified atom stereocenters. The van der Waals surface area contributed by atoms with Crippen LogP contribution in [0.25, 0.3) is 66.1 Å². The van der Waals surface area contributed by atoms with E-state index >= 15 is 0 Å². The van der Waals surface area contributed by atoms with E-state index in [4.69, 9.17) is 4.42 Å². The van der Waals surface area contributed by atoms with Crippen LogP contribution in [0.3, 0.4) is 0 Å². The quantitative estimate of drug-likeness (QED) is 0.185. The summed E-state index contributed by atoms with van der Waals surface area (Å²) in [6.07, 6.45) is 0. The molecule has 9 aromatic rings. The van der Waals surface area contributed by atoms with Gasteiger partial charge in [-0.1, -0.05) is 133 Å². The van der Waals surface area contributed by atoms with Gasteiger partial charge in [0.15, 0.2) is 0 Å². The minimum absolute atomic E-state index is 0.875. The average molecular weight is 614 g/mol. The largest absolute Gasteiger partial charge is 0.456 e. The highest BCUT2D eigenvalue weighted by Gasteiger charge is 2.20. The van der Waals surface area contributed by atoms with Crippen molar-refractivity contribution in [2.45, 2.75) is 0 Å². The second-order valence-electron chi connectivity index (χ2n) is 12.2. The summed E-state index contributed by atoms with van der Waals surface area (Å²) in [7, 11) is 0. The number of anilines is 3. The summed E-state index contributed by atoms with van der Waals surface area (Å²) in [4.78, 5) is 2.35. The van der Waals surface area contributed by atoms with Crippen LogP contribution in [0.15, 0.2) is 192 Å². The molecular weight excluding hydrogens is 583 g/mol. The van der Waals surface area contributed by atoms with Crippen LogP contribution < -0.4 is 4.90 Å². The van der Waals surface area contributed by atoms with Gasteiger partial charge >= 0.3 is 0 Å². The van der Waals surface area contributed by atoms with Gasteiger partial charge in [0.2, 0.25) is 0 Å². The number of nitrogens with zero attached hydrogens (tertiary/aromatic N) is 1. The van der Waals surface area contributed by atoms with E-state index in [0.717, 1.165) is 39.0 Å². The Morgan fingerprint density at radius 1 is 0.354 bits per heavy atom. The minimum atomic E-state index is 0.875. The Hall–Kier alpha value is -6.38. The topological polar surface area (TPSA) is 16.4 Å². The lowest BCUT2D eigenvalue weighted by Crippen LogP contribution is -2.10. The average Bonchev–Trinajstić information content (AvgIpc) is 3.55. The molecule has 0 aliphatic rings. The van der Waals surface area contributed by atoms with Crippen molar-refractivity contribution in [3.8, 4) is 33.4 Å². The molecule has 0 fully saturated rings. The smallest absolute Gasteiger partial charge is 0.137 e. The summed E-state index contributed by atoms with van der Waals surface area (Å²) < 4.78 is 6.33. The summed E-state index contributed by atoms with van der Waals surface area (Å²) in [5, 5.41) is 4.69. The highest BCUT2D eigenvalue weighted by atomic mass is 16.3. The van der Waals surface area contributed by atoms with Crippen molar-refractivity contribution in [3.63, 3.8) is 0 Å². The number of hydrogen-bond donors (Lipinski definition) is 0. The van der Waals surface area contributed by atoms with Crippen molar-refractivity contribution in [2.75, 3.05) is 4.90 Å². The number of para-hydroxylation sites is 1. The van der Waals surface area contributed by atoms with Crippen LogP contribution in [0.5, 0.6) is 0 Å². The van der Waals surface area contributed by atoms with Crippen molar-refractivity contribution in [3.05, 3.63) is 188 Å². The molecule has 0 N–H and O–H groups in total. The van der Waals surface area contributed by atoms with Crippen molar-refractivity contribution in [2.24, 2.45) is 0 Å². The van der Waals surface area contributed by atoms with Gasteiger partial charge in [-0.3, -0.25) is 0 Å². The second kappa shape index (κ2) is 11.8. The van der Waals surface area contributed by atoms with Crippen molar-refractivity contribution in [1.82, 2.24) is 0 Å². The highest BCUT2D eigenvalue weighted by molar-refractivity contribution is 6.13. The van der Waals surface area contributed by atoms with Crippen LogP contribution in [0.4, 0.5) is 17.1 Å². The van der Waals surface area contributed by atoms with Gasteiger partial charge in [-0.05, 0) is 98.8 Å². The van der Waals surface area contributed by atoms with Gasteiger partial charge in [0.1, 0.15) is 11.2 Å². The molecule has 1 aromatic heterocycles. The predicted octanol–water partition coefficient (Wildman–Crippen LogP) is 13.2. The van der Waals surface area contributed by atoms with E-state index in [1.807, 2.05) is 12.1 Å². The third-order valence-corrected chi connectivity index (χ3v) is 9.26. The zero-order chi connectivity index (χ0) is 31.9. The highest BCUT2D eigenvalue weighted by Crippen LogP contribution is 2.44. The lowest BCUT2D eigenvalue weighted by Gasteiger charge is -2.27. The standard InChI is InChI=1S/C46H31NO/c1-3-12-32(13-4-1)34-22-26-38(27-23-34)47(43-19-11-21-45-46(43)41-18-9-10-20-44(41)48-45)39-28-24-35(25-29-39)42-31-37(33-14-5-2-6-15-33)30-36-16-7-8-17-40(36)42/h1-31H. The summed E-state index contributed by atoms with van der Waals surface area (Å²) >= 11 is 0. The number of rotatable bonds is 6. The normalized spacial score (nSPS) is 11.3. The lowest BCUT2D eigenvalue weighted by molar-refractivity contribution is 0.669. The first-order chi connectivity index (χ1) is 23.8. The zero-order valence-electron chi connectivity index (χ0n) is 26.3. The fourth-order valence-corrected chi connectivity index (χ4v) is 6.94. The molecule has 0 saturated carbocycles. The molecule has 0 aliphatic carbocycles. The van der Waals surface area contributed by atoms with E-state index in [2.05, 4.69) is 181 Å². The van der Waals surface area contributed by atoms with Gasteiger partial charge in [-0.15, -0.1) is 0 Å². The Morgan fingerprint density at radius 3 is 1.60 bits per heavy atom. The van der Waals surface area contributed by atoms with Crippen LogP contribution in [0.1, 0.15) is 0 Å². The number of furan rings is 1. The molecule has 0 bridgehead atoms. The molecule has 226 valence electrons. The van der Waals surface area contributed by atoms with Gasteiger partial charge in [0.25, 0.3) is 0 Å². The van der Waals surface area contributed by atoms with E-state index in [1.54, 1.807) is 0 Å². The SMILES string of the molecule is c1ccc(-c2ccc(N(c3ccc(-c4cc(-c5ccccc5)cc5ccccc45)cc3)c3cccc4oc5ccccc5c34)cc2)cc1. The van der Waals surface area contributed by atoms with Gasteiger partial charge in [-0.2, -0.15) is 0 Å². The van der Waals surface area contributed by atoms with Gasteiger partial charge in [-0.25, -0.2) is 0 Å². The molecular formula is C46H31NO. The molecule has 0 spiro atoms. The summed E-state index contributed by atoms with van der Waals surface area (Å²) in [6, 6.07) is 66.9. The Morgan fingerprint density at radius 2 is 0.896 bits per heavy atom. The summed E-state index contributed by atoms with van der Waals surface area (Å²) in [5.41, 5.74) is 12.2. The van der Waals surface area contributed by atoms with Crippen LogP contribution >= 0.6 is 0 Å². The maximum Gasteiger partial charge on any atom is 0.137 e. The summed E-state index contributed by atoms with van der Waals surface area (Å²) in [5.74, 6) is 0. The van der Waals surface area contributed by atoms with E-state index in [1.165, 1.54) is 44.2 Å². The minimum Gasteiger partial charge on any atom is -0.456 e. The van der Waals surface area contributed by atoms with Crippen molar-refractivity contribution in [1.29, 1.82) is 0 Å². The third kappa shape index (κ3) is 4.92. The van der Waals surface area contributed by atoms with E-state index in [-0.39, 0.29) is 0 Å². The van der Waals surface area contributed by atoms with E-state index in [9.17, 15) is 0 Å². The second-order valence-corrected chi connectivity index (χ2v) is 12.2. The number of benzene rings is 8. The Kier molecular flexibility index (Phi) is 6.84. The lowest BCUT2D eigenvalue weighted by atomic mass is 9.93. The van der Waals surface area contributed by atoms with Gasteiger partial charge in [0, 0.05) is 16.8 Å². The van der Waals surface area contributed by atoms with Crippen LogP contribution in [-0.4, -0.2) is 0 Å². The molecule has 1 heterocycles. The van der Waals surface area contributed by atoms with E-state index < -0.39 is 0 Å². The molecule has 0 saturated heterocycles. The third-order valence-electron chi connectivity index (χ3n) is 9.26. The zero-order valence-corrected chi connectivity index (χ0v) is 26.3. The fourth-order valence-electron chi connectivity index (χ4n) is 6.94. The molecule has 8 aromatic carbocycles.